The summed E-state index contributed by atoms with van der Waals surface area (Å²) in [5.41, 5.74) is -0.550. The Morgan fingerprint density at radius 2 is 1.70 bits per heavy atom. The maximum atomic E-state index is 10.9. The van der Waals surface area contributed by atoms with Gasteiger partial charge in [0.05, 0.1) is 7.11 Å². The predicted octanol–water partition coefficient (Wildman–Crippen LogP) is 1.17. The highest BCUT2D eigenvalue weighted by molar-refractivity contribution is 6.16. The van der Waals surface area contributed by atoms with E-state index in [0.29, 0.717) is 0 Å². The SMILES string of the molecule is COc1ccc(C=C(C(=O)O)C(=O)O)cc1OC(C)=O. The lowest BCUT2D eigenvalue weighted by molar-refractivity contribution is -0.140. The van der Waals surface area contributed by atoms with Gasteiger partial charge < -0.3 is 19.7 Å². The van der Waals surface area contributed by atoms with Crippen LogP contribution in [-0.4, -0.2) is 35.2 Å². The molecule has 0 aromatic heterocycles. The van der Waals surface area contributed by atoms with Crippen molar-refractivity contribution in [3.8, 4) is 11.5 Å². The number of carboxylic acids is 2. The number of ether oxygens (including phenoxy) is 2. The van der Waals surface area contributed by atoms with Crippen LogP contribution in [0.2, 0.25) is 0 Å². The molecule has 0 amide bonds. The van der Waals surface area contributed by atoms with Crippen LogP contribution >= 0.6 is 0 Å². The molecule has 1 aromatic carbocycles. The van der Waals surface area contributed by atoms with Crippen molar-refractivity contribution in [1.82, 2.24) is 0 Å². The molecular weight excluding hydrogens is 268 g/mol. The zero-order chi connectivity index (χ0) is 15.3. The Morgan fingerprint density at radius 3 is 2.15 bits per heavy atom. The van der Waals surface area contributed by atoms with Gasteiger partial charge >= 0.3 is 17.9 Å². The largest absolute Gasteiger partial charge is 0.493 e. The van der Waals surface area contributed by atoms with Gasteiger partial charge in [-0.2, -0.15) is 0 Å². The van der Waals surface area contributed by atoms with E-state index in [1.807, 2.05) is 0 Å². The molecule has 20 heavy (non-hydrogen) atoms. The van der Waals surface area contributed by atoms with Gasteiger partial charge in [-0.15, -0.1) is 0 Å². The first kappa shape index (κ1) is 15.2. The standard InChI is InChI=1S/C13H12O7/c1-7(14)20-11-6-8(3-4-10(11)19-2)5-9(12(15)16)13(17)18/h3-6H,1-2H3,(H,15,16)(H,17,18). The highest BCUT2D eigenvalue weighted by Gasteiger charge is 2.16. The second-order valence-corrected chi connectivity index (χ2v) is 3.67. The molecule has 7 nitrogen and oxygen atoms in total. The van der Waals surface area contributed by atoms with Crippen molar-refractivity contribution >= 4 is 24.0 Å². The molecule has 106 valence electrons. The molecule has 1 rings (SSSR count). The second kappa shape index (κ2) is 6.37. The summed E-state index contributed by atoms with van der Waals surface area (Å²) < 4.78 is 9.86. The lowest BCUT2D eigenvalue weighted by atomic mass is 10.1. The molecule has 0 fully saturated rings. The average Bonchev–Trinajstić information content (AvgIpc) is 2.34. The molecule has 0 aliphatic carbocycles. The number of esters is 1. The van der Waals surface area contributed by atoms with Gasteiger partial charge in [-0.1, -0.05) is 6.07 Å². The van der Waals surface area contributed by atoms with E-state index >= 15 is 0 Å². The Kier molecular flexibility index (Phi) is 4.85. The van der Waals surface area contributed by atoms with E-state index in [1.165, 1.54) is 32.2 Å². The number of benzene rings is 1. The first-order valence-electron chi connectivity index (χ1n) is 5.40. The zero-order valence-electron chi connectivity index (χ0n) is 10.7. The van der Waals surface area contributed by atoms with E-state index in [0.717, 1.165) is 6.08 Å². The summed E-state index contributed by atoms with van der Waals surface area (Å²) in [6.07, 6.45) is 0.955. The molecule has 0 aliphatic heterocycles. The monoisotopic (exact) mass is 280 g/mol. The van der Waals surface area contributed by atoms with Crippen LogP contribution in [0, 0.1) is 0 Å². The fraction of sp³-hybridized carbons (Fsp3) is 0.154. The third kappa shape index (κ3) is 3.84. The van der Waals surface area contributed by atoms with Crippen molar-refractivity contribution in [2.24, 2.45) is 0 Å². The van der Waals surface area contributed by atoms with Crippen LogP contribution in [0.5, 0.6) is 11.5 Å². The number of carboxylic acid groups (broad SMARTS) is 2. The minimum absolute atomic E-state index is 0.0730. The van der Waals surface area contributed by atoms with E-state index in [2.05, 4.69) is 0 Å². The van der Waals surface area contributed by atoms with E-state index in [4.69, 9.17) is 19.7 Å². The summed E-state index contributed by atoms with van der Waals surface area (Å²) in [5, 5.41) is 17.5. The number of carbonyl (C=O) groups excluding carboxylic acids is 1. The van der Waals surface area contributed by atoms with E-state index < -0.39 is 23.5 Å². The number of aliphatic carboxylic acids is 2. The Balaban J connectivity index is 3.26. The van der Waals surface area contributed by atoms with Gasteiger partial charge in [-0.25, -0.2) is 9.59 Å². The highest BCUT2D eigenvalue weighted by Crippen LogP contribution is 2.29. The molecule has 0 spiro atoms. The van der Waals surface area contributed by atoms with Crippen LogP contribution in [0.15, 0.2) is 23.8 Å². The van der Waals surface area contributed by atoms with Crippen molar-refractivity contribution in [1.29, 1.82) is 0 Å². The average molecular weight is 280 g/mol. The van der Waals surface area contributed by atoms with Crippen LogP contribution in [0.4, 0.5) is 0 Å². The fourth-order valence-corrected chi connectivity index (χ4v) is 1.40. The van der Waals surface area contributed by atoms with Crippen molar-refractivity contribution in [3.63, 3.8) is 0 Å². The van der Waals surface area contributed by atoms with Crippen molar-refractivity contribution < 1.29 is 34.1 Å². The number of carbonyl (C=O) groups is 3. The van der Waals surface area contributed by atoms with Crippen molar-refractivity contribution in [3.05, 3.63) is 29.3 Å². The van der Waals surface area contributed by atoms with Crippen LogP contribution in [0.25, 0.3) is 6.08 Å². The van der Waals surface area contributed by atoms with Crippen LogP contribution < -0.4 is 9.47 Å². The van der Waals surface area contributed by atoms with E-state index in [9.17, 15) is 14.4 Å². The quantitative estimate of drug-likeness (QED) is 0.274. The first-order chi connectivity index (χ1) is 9.35. The van der Waals surface area contributed by atoms with Gasteiger partial charge in [-0.05, 0) is 23.8 Å². The smallest absolute Gasteiger partial charge is 0.343 e. The molecule has 0 atom stereocenters. The lowest BCUT2D eigenvalue weighted by Crippen LogP contribution is -2.10. The van der Waals surface area contributed by atoms with Crippen molar-refractivity contribution in [2.45, 2.75) is 6.92 Å². The van der Waals surface area contributed by atoms with Crippen LogP contribution in [0.1, 0.15) is 12.5 Å². The molecule has 7 heteroatoms. The number of hydrogen-bond donors (Lipinski definition) is 2. The summed E-state index contributed by atoms with van der Waals surface area (Å²) >= 11 is 0. The van der Waals surface area contributed by atoms with Gasteiger partial charge in [-0.3, -0.25) is 4.79 Å². The molecular formula is C13H12O7. The maximum absolute atomic E-state index is 10.9. The zero-order valence-corrected chi connectivity index (χ0v) is 10.7. The lowest BCUT2D eigenvalue weighted by Gasteiger charge is -2.08. The van der Waals surface area contributed by atoms with Crippen LogP contribution in [0.3, 0.4) is 0 Å². The Labute approximate surface area is 114 Å². The second-order valence-electron chi connectivity index (χ2n) is 3.67. The Hall–Kier alpha value is -2.83. The number of hydrogen-bond acceptors (Lipinski definition) is 5. The molecule has 0 bridgehead atoms. The molecule has 0 heterocycles. The summed E-state index contributed by atoms with van der Waals surface area (Å²) in [4.78, 5) is 32.5. The van der Waals surface area contributed by atoms with Crippen LogP contribution in [-0.2, 0) is 14.4 Å². The summed E-state index contributed by atoms with van der Waals surface area (Å²) in [6, 6.07) is 4.19. The third-order valence-corrected chi connectivity index (χ3v) is 2.21. The normalized spacial score (nSPS) is 9.50. The third-order valence-electron chi connectivity index (χ3n) is 2.21. The topological polar surface area (TPSA) is 110 Å². The maximum Gasteiger partial charge on any atom is 0.343 e. The molecule has 0 aliphatic rings. The number of rotatable bonds is 5. The first-order valence-corrected chi connectivity index (χ1v) is 5.40. The van der Waals surface area contributed by atoms with Gasteiger partial charge in [0.1, 0.15) is 5.57 Å². The van der Waals surface area contributed by atoms with Crippen molar-refractivity contribution in [2.75, 3.05) is 7.11 Å². The molecule has 2 N–H and O–H groups in total. The summed E-state index contributed by atoms with van der Waals surface area (Å²) in [6.45, 7) is 1.20. The highest BCUT2D eigenvalue weighted by atomic mass is 16.6. The Bertz CT molecular complexity index is 570. The molecule has 0 saturated carbocycles. The minimum Gasteiger partial charge on any atom is -0.493 e. The van der Waals surface area contributed by atoms with Gasteiger partial charge in [0, 0.05) is 6.92 Å². The summed E-state index contributed by atoms with van der Waals surface area (Å²) in [5.74, 6) is -3.38. The van der Waals surface area contributed by atoms with E-state index in [1.54, 1.807) is 0 Å². The molecule has 1 aromatic rings. The van der Waals surface area contributed by atoms with Gasteiger partial charge in [0.15, 0.2) is 11.5 Å². The molecule has 0 saturated heterocycles. The molecule has 0 radical (unpaired) electrons. The van der Waals surface area contributed by atoms with Gasteiger partial charge in [0.2, 0.25) is 0 Å². The minimum atomic E-state index is -1.57. The number of methoxy groups -OCH3 is 1. The Morgan fingerprint density at radius 1 is 1.10 bits per heavy atom. The van der Waals surface area contributed by atoms with E-state index in [-0.39, 0.29) is 17.1 Å². The predicted molar refractivity (Wildman–Crippen MR) is 67.6 cm³/mol. The molecule has 0 unspecified atom stereocenters. The fourth-order valence-electron chi connectivity index (χ4n) is 1.40. The summed E-state index contributed by atoms with van der Waals surface area (Å²) in [7, 11) is 1.37. The van der Waals surface area contributed by atoms with Gasteiger partial charge in [0.25, 0.3) is 0 Å².